The Balaban J connectivity index is 0.00000441. The van der Waals surface area contributed by atoms with Gasteiger partial charge in [-0.05, 0) is 69.7 Å². The molecule has 2 aromatic rings. The molecule has 1 aliphatic carbocycles. The molecule has 2 atom stereocenters. The molecule has 1 heterocycles. The van der Waals surface area contributed by atoms with E-state index in [1.165, 1.54) is 19.3 Å². The van der Waals surface area contributed by atoms with Crippen molar-refractivity contribution in [3.05, 3.63) is 59.7 Å². The molecular weight excluding hydrogens is 548 g/mol. The van der Waals surface area contributed by atoms with E-state index in [1.807, 2.05) is 43.3 Å². The number of amides is 1. The largest absolute Gasteiger partial charge is 0.390 e. The number of carbonyl (C=O) groups is 1. The summed E-state index contributed by atoms with van der Waals surface area (Å²) < 4.78 is 23.1. The molecule has 0 aromatic heterocycles. The minimum Gasteiger partial charge on any atom is -0.390 e. The van der Waals surface area contributed by atoms with E-state index >= 15 is 0 Å². The number of aliphatic hydroxyl groups is 1. The minimum atomic E-state index is -2.93. The fourth-order valence-corrected chi connectivity index (χ4v) is 7.38. The summed E-state index contributed by atoms with van der Waals surface area (Å²) >= 11 is 0. The SMILES string of the molecule is CCNc1cc(C(=O)N[C@@H](Cc2ccccc2)[C@H](O)CNC2(C)CCCCC2)cc(N2CCCCS2(O)O)c1.Cl. The summed E-state index contributed by atoms with van der Waals surface area (Å²) in [7, 11) is -2.93. The highest BCUT2D eigenvalue weighted by molar-refractivity contribution is 8.25. The number of halogens is 1. The van der Waals surface area contributed by atoms with Crippen molar-refractivity contribution in [2.45, 2.75) is 82.9 Å². The maximum Gasteiger partial charge on any atom is 0.251 e. The normalized spacial score (nSPS) is 20.5. The Morgan fingerprint density at radius 3 is 2.45 bits per heavy atom. The Hall–Kier alpha value is -2.01. The Labute approximate surface area is 247 Å². The van der Waals surface area contributed by atoms with E-state index in [2.05, 4.69) is 22.9 Å². The number of anilines is 2. The Morgan fingerprint density at radius 1 is 1.05 bits per heavy atom. The summed E-state index contributed by atoms with van der Waals surface area (Å²) in [6.07, 6.45) is 7.16. The molecule has 6 N–H and O–H groups in total. The molecule has 4 rings (SSSR count). The van der Waals surface area contributed by atoms with Crippen molar-refractivity contribution >= 4 is 40.5 Å². The third-order valence-corrected chi connectivity index (χ3v) is 9.94. The van der Waals surface area contributed by atoms with Crippen molar-refractivity contribution in [1.29, 1.82) is 0 Å². The lowest BCUT2D eigenvalue weighted by Gasteiger charge is -2.47. The van der Waals surface area contributed by atoms with Gasteiger partial charge < -0.3 is 21.1 Å². The number of hydrogen-bond donors (Lipinski definition) is 6. The van der Waals surface area contributed by atoms with Gasteiger partial charge in [0.05, 0.1) is 23.6 Å². The van der Waals surface area contributed by atoms with Gasteiger partial charge in [0, 0.05) is 36.4 Å². The van der Waals surface area contributed by atoms with Gasteiger partial charge in [-0.15, -0.1) is 23.2 Å². The summed E-state index contributed by atoms with van der Waals surface area (Å²) in [5, 5.41) is 21.3. The third kappa shape index (κ3) is 8.74. The van der Waals surface area contributed by atoms with E-state index < -0.39 is 22.9 Å². The molecule has 0 radical (unpaired) electrons. The topological polar surface area (TPSA) is 117 Å². The van der Waals surface area contributed by atoms with Crippen LogP contribution in [-0.2, 0) is 6.42 Å². The van der Waals surface area contributed by atoms with Crippen LogP contribution in [0.2, 0.25) is 0 Å². The van der Waals surface area contributed by atoms with E-state index in [-0.39, 0.29) is 23.9 Å². The van der Waals surface area contributed by atoms with Crippen molar-refractivity contribution in [2.24, 2.45) is 0 Å². The highest BCUT2D eigenvalue weighted by atomic mass is 35.5. The van der Waals surface area contributed by atoms with Crippen LogP contribution in [0.3, 0.4) is 0 Å². The minimum absolute atomic E-state index is 0. The monoisotopic (exact) mass is 594 g/mol. The van der Waals surface area contributed by atoms with Crippen molar-refractivity contribution in [3.63, 3.8) is 0 Å². The average molecular weight is 595 g/mol. The number of hydrogen-bond acceptors (Lipinski definition) is 7. The van der Waals surface area contributed by atoms with Gasteiger partial charge in [-0.1, -0.05) is 49.6 Å². The second-order valence-electron chi connectivity index (χ2n) is 11.3. The van der Waals surface area contributed by atoms with E-state index in [1.54, 1.807) is 16.4 Å². The predicted octanol–water partition coefficient (Wildman–Crippen LogP) is 5.82. The van der Waals surface area contributed by atoms with Crippen LogP contribution in [0.1, 0.15) is 74.7 Å². The zero-order valence-corrected chi connectivity index (χ0v) is 25.4. The van der Waals surface area contributed by atoms with Gasteiger partial charge in [0.1, 0.15) is 0 Å². The van der Waals surface area contributed by atoms with Crippen LogP contribution in [0.25, 0.3) is 0 Å². The van der Waals surface area contributed by atoms with Crippen molar-refractivity contribution < 1.29 is 19.0 Å². The van der Waals surface area contributed by atoms with Crippen molar-refractivity contribution in [3.8, 4) is 0 Å². The molecule has 0 spiro atoms. The molecule has 1 saturated carbocycles. The fraction of sp³-hybridized carbons (Fsp3) is 0.567. The molecule has 40 heavy (non-hydrogen) atoms. The van der Waals surface area contributed by atoms with E-state index in [0.717, 1.165) is 36.9 Å². The summed E-state index contributed by atoms with van der Waals surface area (Å²) in [4.78, 5) is 13.7. The number of carbonyl (C=O) groups excluding carboxylic acids is 1. The van der Waals surface area contributed by atoms with Gasteiger partial charge in [0.15, 0.2) is 0 Å². The van der Waals surface area contributed by atoms with Crippen LogP contribution in [0, 0.1) is 0 Å². The summed E-state index contributed by atoms with van der Waals surface area (Å²) in [5.41, 5.74) is 2.82. The summed E-state index contributed by atoms with van der Waals surface area (Å²) in [6.45, 7) is 5.79. The lowest BCUT2D eigenvalue weighted by Crippen LogP contribution is -2.53. The predicted molar refractivity (Wildman–Crippen MR) is 169 cm³/mol. The maximum atomic E-state index is 13.7. The molecule has 0 bridgehead atoms. The molecule has 1 amide bonds. The van der Waals surface area contributed by atoms with Crippen LogP contribution in [0.5, 0.6) is 0 Å². The number of rotatable bonds is 11. The first kappa shape index (κ1) is 32.5. The Morgan fingerprint density at radius 2 is 1.77 bits per heavy atom. The number of nitrogens with one attached hydrogen (secondary N) is 3. The zero-order valence-electron chi connectivity index (χ0n) is 23.8. The van der Waals surface area contributed by atoms with Gasteiger partial charge in [-0.25, -0.2) is 0 Å². The van der Waals surface area contributed by atoms with Crippen LogP contribution < -0.4 is 20.3 Å². The number of nitrogens with zero attached hydrogens (tertiary/aromatic N) is 1. The highest BCUT2D eigenvalue weighted by Gasteiger charge is 2.31. The van der Waals surface area contributed by atoms with Crippen LogP contribution >= 0.6 is 23.2 Å². The number of β-amino-alcohol motifs (C(OH)–C–C–N with tert-alkyl or cyclic N) is 1. The van der Waals surface area contributed by atoms with Gasteiger partial charge in [-0.2, -0.15) is 0 Å². The molecule has 2 aliphatic rings. The first-order valence-electron chi connectivity index (χ1n) is 14.4. The van der Waals surface area contributed by atoms with E-state index in [4.69, 9.17) is 0 Å². The lowest BCUT2D eigenvalue weighted by atomic mass is 9.83. The Bertz CT molecular complexity index is 1080. The maximum absolute atomic E-state index is 13.7. The first-order chi connectivity index (χ1) is 18.7. The van der Waals surface area contributed by atoms with Crippen molar-refractivity contribution in [1.82, 2.24) is 10.6 Å². The highest BCUT2D eigenvalue weighted by Crippen LogP contribution is 2.50. The van der Waals surface area contributed by atoms with Crippen LogP contribution in [0.15, 0.2) is 48.5 Å². The third-order valence-electron chi connectivity index (χ3n) is 8.01. The van der Waals surface area contributed by atoms with E-state index in [9.17, 15) is 19.0 Å². The molecule has 2 aromatic carbocycles. The average Bonchev–Trinajstić information content (AvgIpc) is 2.92. The molecule has 8 nitrogen and oxygen atoms in total. The quantitative estimate of drug-likeness (QED) is 0.194. The van der Waals surface area contributed by atoms with Crippen LogP contribution in [-0.4, -0.2) is 63.2 Å². The molecule has 10 heteroatoms. The van der Waals surface area contributed by atoms with Crippen molar-refractivity contribution in [2.75, 3.05) is 35.0 Å². The van der Waals surface area contributed by atoms with Gasteiger partial charge in [0.25, 0.3) is 5.91 Å². The zero-order chi connectivity index (χ0) is 27.9. The summed E-state index contributed by atoms with van der Waals surface area (Å²) in [6, 6.07) is 14.8. The number of benzene rings is 2. The van der Waals surface area contributed by atoms with Crippen LogP contribution in [0.4, 0.5) is 11.4 Å². The summed E-state index contributed by atoms with van der Waals surface area (Å²) in [5.74, 6) is 0.0328. The van der Waals surface area contributed by atoms with Gasteiger partial charge in [0.2, 0.25) is 0 Å². The fourth-order valence-electron chi connectivity index (χ4n) is 5.70. The molecular formula is C30H47ClN4O4S. The van der Waals surface area contributed by atoms with E-state index in [0.29, 0.717) is 43.1 Å². The number of aliphatic hydroxyl groups excluding tert-OH is 1. The molecule has 224 valence electrons. The first-order valence-corrected chi connectivity index (χ1v) is 16.1. The van der Waals surface area contributed by atoms with Gasteiger partial charge in [-0.3, -0.25) is 18.2 Å². The second-order valence-corrected chi connectivity index (χ2v) is 13.4. The van der Waals surface area contributed by atoms with Gasteiger partial charge >= 0.3 is 0 Å². The molecule has 1 saturated heterocycles. The Kier molecular flexibility index (Phi) is 12.0. The smallest absolute Gasteiger partial charge is 0.251 e. The lowest BCUT2D eigenvalue weighted by molar-refractivity contribution is 0.0799. The standard InChI is InChI=1S/C30H46N4O4S.ClH/c1-3-31-25-19-24(20-26(21-25)34-16-10-11-17-39(34,37)38)29(36)33-27(18-23-12-6-4-7-13-23)28(35)22-32-30(2)14-8-5-9-15-30;/h4,6-7,12-13,19-21,27-28,31-32,35,37-38H,3,5,8-11,14-18,22H2,1-2H3,(H,33,36);1H/t27-,28+;/m0./s1. The molecule has 2 fully saturated rings. The second kappa shape index (κ2) is 14.8. The molecule has 1 aliphatic heterocycles. The molecule has 0 unspecified atom stereocenters.